The fourth-order valence-electron chi connectivity index (χ4n) is 2.19. The van der Waals surface area contributed by atoms with Gasteiger partial charge in [-0.1, -0.05) is 0 Å². The van der Waals surface area contributed by atoms with Gasteiger partial charge in [0, 0.05) is 12.7 Å². The zero-order chi connectivity index (χ0) is 9.59. The molecule has 0 amide bonds. The van der Waals surface area contributed by atoms with Crippen LogP contribution < -0.4 is 5.73 Å². The van der Waals surface area contributed by atoms with Crippen LogP contribution in [0.5, 0.6) is 0 Å². The van der Waals surface area contributed by atoms with Gasteiger partial charge in [0.1, 0.15) is 0 Å². The van der Waals surface area contributed by atoms with E-state index in [4.69, 9.17) is 5.73 Å². The molecule has 1 aliphatic rings. The van der Waals surface area contributed by atoms with E-state index in [2.05, 4.69) is 18.9 Å². The Labute approximate surface area is 78.9 Å². The lowest BCUT2D eigenvalue weighted by atomic mass is 10.1. The van der Waals surface area contributed by atoms with Gasteiger partial charge in [-0.25, -0.2) is 0 Å². The number of nitrogens with two attached hydrogens (primary N) is 1. The van der Waals surface area contributed by atoms with Crippen LogP contribution in [0, 0.1) is 19.8 Å². The van der Waals surface area contributed by atoms with E-state index in [1.165, 1.54) is 23.4 Å². The Morgan fingerprint density at radius 1 is 1.54 bits per heavy atom. The van der Waals surface area contributed by atoms with Gasteiger partial charge in [-0.15, -0.1) is 0 Å². The molecule has 0 bridgehead atoms. The van der Waals surface area contributed by atoms with Crippen LogP contribution in [0.4, 0.5) is 0 Å². The van der Waals surface area contributed by atoms with Crippen molar-refractivity contribution in [2.75, 3.05) is 6.54 Å². The lowest BCUT2D eigenvalue weighted by molar-refractivity contribution is 0.729. The lowest BCUT2D eigenvalue weighted by Gasteiger charge is -1.99. The molecule has 1 saturated carbocycles. The summed E-state index contributed by atoms with van der Waals surface area (Å²) in [6.07, 6.45) is 1.25. The van der Waals surface area contributed by atoms with Gasteiger partial charge in [0.05, 0.1) is 5.69 Å². The van der Waals surface area contributed by atoms with E-state index in [9.17, 15) is 0 Å². The fraction of sp³-hybridized carbons (Fsp3) is 0.700. The quantitative estimate of drug-likeness (QED) is 0.738. The van der Waals surface area contributed by atoms with E-state index in [1.807, 2.05) is 11.7 Å². The van der Waals surface area contributed by atoms with Gasteiger partial charge in [-0.2, -0.15) is 5.10 Å². The van der Waals surface area contributed by atoms with Gasteiger partial charge in [-0.3, -0.25) is 4.68 Å². The van der Waals surface area contributed by atoms with Crippen LogP contribution in [0.1, 0.15) is 29.3 Å². The molecule has 0 radical (unpaired) electrons. The summed E-state index contributed by atoms with van der Waals surface area (Å²) in [4.78, 5) is 0. The van der Waals surface area contributed by atoms with Crippen molar-refractivity contribution in [1.29, 1.82) is 0 Å². The highest BCUT2D eigenvalue weighted by molar-refractivity contribution is 5.33. The first kappa shape index (κ1) is 8.75. The molecule has 0 saturated heterocycles. The van der Waals surface area contributed by atoms with Crippen LogP contribution in [-0.4, -0.2) is 16.3 Å². The SMILES string of the molecule is Cc1nn(C)c(C)c1[C@@H]1C[C@H]1CN. The molecule has 3 heteroatoms. The molecule has 2 atom stereocenters. The largest absolute Gasteiger partial charge is 0.330 e. The smallest absolute Gasteiger partial charge is 0.0631 e. The van der Waals surface area contributed by atoms with E-state index in [0.29, 0.717) is 11.8 Å². The summed E-state index contributed by atoms with van der Waals surface area (Å²) in [5.41, 5.74) is 9.57. The highest BCUT2D eigenvalue weighted by atomic mass is 15.3. The van der Waals surface area contributed by atoms with Crippen molar-refractivity contribution < 1.29 is 0 Å². The molecule has 0 unspecified atom stereocenters. The Balaban J connectivity index is 2.30. The minimum Gasteiger partial charge on any atom is -0.330 e. The highest BCUT2D eigenvalue weighted by Crippen LogP contribution is 2.48. The Kier molecular flexibility index (Phi) is 1.91. The maximum Gasteiger partial charge on any atom is 0.0631 e. The molecule has 13 heavy (non-hydrogen) atoms. The summed E-state index contributed by atoms with van der Waals surface area (Å²) in [5.74, 6) is 1.40. The highest BCUT2D eigenvalue weighted by Gasteiger charge is 2.40. The Hall–Kier alpha value is -0.830. The number of hydrogen-bond acceptors (Lipinski definition) is 2. The molecule has 1 fully saturated rings. The first-order valence-corrected chi connectivity index (χ1v) is 4.85. The summed E-state index contributed by atoms with van der Waals surface area (Å²) in [7, 11) is 2.01. The van der Waals surface area contributed by atoms with Crippen LogP contribution >= 0.6 is 0 Å². The van der Waals surface area contributed by atoms with E-state index in [0.717, 1.165) is 6.54 Å². The molecular weight excluding hydrogens is 162 g/mol. The predicted octanol–water partition coefficient (Wildman–Crippen LogP) is 1.10. The first-order valence-electron chi connectivity index (χ1n) is 4.85. The van der Waals surface area contributed by atoms with E-state index in [-0.39, 0.29) is 0 Å². The van der Waals surface area contributed by atoms with Crippen LogP contribution in [0.3, 0.4) is 0 Å². The molecule has 2 rings (SSSR count). The van der Waals surface area contributed by atoms with Crippen molar-refractivity contribution in [2.45, 2.75) is 26.2 Å². The average Bonchev–Trinajstić information content (AvgIpc) is 2.79. The second-order valence-corrected chi connectivity index (χ2v) is 4.05. The summed E-state index contributed by atoms with van der Waals surface area (Å²) in [5, 5.41) is 4.42. The topological polar surface area (TPSA) is 43.8 Å². The number of aromatic nitrogens is 2. The van der Waals surface area contributed by atoms with Crippen molar-refractivity contribution in [3.63, 3.8) is 0 Å². The second kappa shape index (κ2) is 2.84. The number of rotatable bonds is 2. The van der Waals surface area contributed by atoms with Gasteiger partial charge < -0.3 is 5.73 Å². The van der Waals surface area contributed by atoms with Crippen molar-refractivity contribution >= 4 is 0 Å². The summed E-state index contributed by atoms with van der Waals surface area (Å²) < 4.78 is 1.97. The van der Waals surface area contributed by atoms with Crippen LogP contribution in [-0.2, 0) is 7.05 Å². The number of hydrogen-bond donors (Lipinski definition) is 1. The predicted molar refractivity (Wildman–Crippen MR) is 52.6 cm³/mol. The van der Waals surface area contributed by atoms with Gasteiger partial charge in [0.2, 0.25) is 0 Å². The van der Waals surface area contributed by atoms with E-state index in [1.54, 1.807) is 0 Å². The standard InChI is InChI=1S/C10H17N3/c1-6-10(7(2)13(3)12-6)9-4-8(9)5-11/h8-9H,4-5,11H2,1-3H3/t8-,9+/m0/s1. The van der Waals surface area contributed by atoms with E-state index < -0.39 is 0 Å². The molecule has 1 heterocycles. The Bertz CT molecular complexity index is 327. The monoisotopic (exact) mass is 179 g/mol. The third kappa shape index (κ3) is 1.27. The van der Waals surface area contributed by atoms with Gasteiger partial charge in [0.25, 0.3) is 0 Å². The molecule has 1 aromatic heterocycles. The fourth-order valence-corrected chi connectivity index (χ4v) is 2.19. The summed E-state index contributed by atoms with van der Waals surface area (Å²) in [6, 6.07) is 0. The lowest BCUT2D eigenvalue weighted by Crippen LogP contribution is -2.02. The van der Waals surface area contributed by atoms with Crippen molar-refractivity contribution in [3.8, 4) is 0 Å². The average molecular weight is 179 g/mol. The third-order valence-corrected chi connectivity index (χ3v) is 3.16. The Morgan fingerprint density at radius 3 is 2.62 bits per heavy atom. The van der Waals surface area contributed by atoms with Gasteiger partial charge in [-0.05, 0) is 44.2 Å². The van der Waals surface area contributed by atoms with Gasteiger partial charge >= 0.3 is 0 Å². The van der Waals surface area contributed by atoms with Crippen molar-refractivity contribution in [1.82, 2.24) is 9.78 Å². The molecule has 1 aliphatic carbocycles. The summed E-state index contributed by atoms with van der Waals surface area (Å²) >= 11 is 0. The molecule has 0 aliphatic heterocycles. The van der Waals surface area contributed by atoms with Crippen molar-refractivity contribution in [2.24, 2.45) is 18.7 Å². The minimum atomic E-state index is 0.693. The first-order chi connectivity index (χ1) is 6.15. The molecule has 72 valence electrons. The van der Waals surface area contributed by atoms with Crippen molar-refractivity contribution in [3.05, 3.63) is 17.0 Å². The number of nitrogens with zero attached hydrogens (tertiary/aromatic N) is 2. The molecule has 0 spiro atoms. The molecular formula is C10H17N3. The van der Waals surface area contributed by atoms with Crippen LogP contribution in [0.15, 0.2) is 0 Å². The number of aryl methyl sites for hydroxylation is 2. The van der Waals surface area contributed by atoms with Crippen LogP contribution in [0.25, 0.3) is 0 Å². The third-order valence-electron chi connectivity index (χ3n) is 3.16. The zero-order valence-corrected chi connectivity index (χ0v) is 8.54. The second-order valence-electron chi connectivity index (χ2n) is 4.05. The zero-order valence-electron chi connectivity index (χ0n) is 8.54. The maximum atomic E-state index is 5.64. The maximum absolute atomic E-state index is 5.64. The molecule has 0 aromatic carbocycles. The molecule has 2 N–H and O–H groups in total. The summed E-state index contributed by atoms with van der Waals surface area (Å²) in [6.45, 7) is 5.05. The normalized spacial score (nSPS) is 26.5. The molecule has 3 nitrogen and oxygen atoms in total. The van der Waals surface area contributed by atoms with Crippen LogP contribution in [0.2, 0.25) is 0 Å². The molecule has 1 aromatic rings. The minimum absolute atomic E-state index is 0.693. The van der Waals surface area contributed by atoms with Gasteiger partial charge in [0.15, 0.2) is 0 Å². The van der Waals surface area contributed by atoms with E-state index >= 15 is 0 Å². The Morgan fingerprint density at radius 2 is 2.23 bits per heavy atom.